The second kappa shape index (κ2) is 9.48. The van der Waals surface area contributed by atoms with Gasteiger partial charge >= 0.3 is 0 Å². The molecule has 1 N–H and O–H groups in total. The van der Waals surface area contributed by atoms with Crippen LogP contribution in [0.1, 0.15) is 28.4 Å². The lowest BCUT2D eigenvalue weighted by Crippen LogP contribution is -2.20. The number of Topliss-reactive ketones (excluding diaryl/α,β-unsaturated/α-hetero) is 1. The van der Waals surface area contributed by atoms with Crippen molar-refractivity contribution in [2.75, 3.05) is 11.9 Å². The Balaban J connectivity index is 1.47. The zero-order chi connectivity index (χ0) is 19.9. The number of amides is 1. The van der Waals surface area contributed by atoms with Crippen LogP contribution < -0.4 is 10.1 Å². The first-order valence-corrected chi connectivity index (χ1v) is 10.4. The summed E-state index contributed by atoms with van der Waals surface area (Å²) in [6.07, 6.45) is 0. The number of aryl methyl sites for hydroxylation is 1. The van der Waals surface area contributed by atoms with Crippen molar-refractivity contribution >= 4 is 39.9 Å². The molecule has 0 aliphatic rings. The number of carbonyl (C=O) groups is 2. The van der Waals surface area contributed by atoms with E-state index in [0.29, 0.717) is 16.4 Å². The van der Waals surface area contributed by atoms with Crippen LogP contribution in [0.5, 0.6) is 5.75 Å². The zero-order valence-corrected chi connectivity index (χ0v) is 17.1. The first-order chi connectivity index (χ1) is 13.5. The van der Waals surface area contributed by atoms with E-state index in [-0.39, 0.29) is 18.3 Å². The molecule has 0 saturated carbocycles. The maximum absolute atomic E-state index is 12.1. The molecule has 0 fully saturated rings. The van der Waals surface area contributed by atoms with Gasteiger partial charge in [-0.3, -0.25) is 14.9 Å². The lowest BCUT2D eigenvalue weighted by molar-refractivity contribution is -0.118. The molecule has 3 aromatic rings. The Morgan fingerprint density at radius 2 is 1.93 bits per heavy atom. The Bertz CT molecular complexity index is 971. The largest absolute Gasteiger partial charge is 0.484 e. The van der Waals surface area contributed by atoms with Gasteiger partial charge in [0.25, 0.3) is 5.91 Å². The number of anilines is 1. The molecular formula is C20H19N3O3S2. The quantitative estimate of drug-likeness (QED) is 0.336. The summed E-state index contributed by atoms with van der Waals surface area (Å²) in [6, 6.07) is 15.1. The Morgan fingerprint density at radius 3 is 2.68 bits per heavy atom. The molecule has 3 rings (SSSR count). The van der Waals surface area contributed by atoms with E-state index in [1.165, 1.54) is 29.4 Å². The molecule has 2 aromatic carbocycles. The monoisotopic (exact) mass is 413 g/mol. The first-order valence-electron chi connectivity index (χ1n) is 8.55. The summed E-state index contributed by atoms with van der Waals surface area (Å²) in [4.78, 5) is 23.4. The molecule has 0 aliphatic heterocycles. The minimum Gasteiger partial charge on any atom is -0.484 e. The van der Waals surface area contributed by atoms with Gasteiger partial charge in [0.05, 0.1) is 0 Å². The Morgan fingerprint density at radius 1 is 1.14 bits per heavy atom. The third kappa shape index (κ3) is 5.90. The number of rotatable bonds is 8. The number of carbonyl (C=O) groups excluding carboxylic acids is 2. The standard InChI is InChI=1S/C20H19N3O3S2/c1-13-6-8-15(9-7-13)12-27-20-23-22-19(28-20)21-18(25)11-26-17-5-3-4-16(10-17)14(2)24/h3-10H,11-12H2,1-2H3,(H,21,22,25). The molecule has 0 saturated heterocycles. The van der Waals surface area contributed by atoms with Crippen LogP contribution in [0.4, 0.5) is 5.13 Å². The molecule has 144 valence electrons. The van der Waals surface area contributed by atoms with Crippen LogP contribution in [0.25, 0.3) is 0 Å². The van der Waals surface area contributed by atoms with E-state index in [1.807, 2.05) is 0 Å². The summed E-state index contributed by atoms with van der Waals surface area (Å²) in [5.41, 5.74) is 2.97. The van der Waals surface area contributed by atoms with Crippen molar-refractivity contribution in [1.29, 1.82) is 0 Å². The van der Waals surface area contributed by atoms with Gasteiger partial charge in [0.2, 0.25) is 5.13 Å². The predicted molar refractivity (Wildman–Crippen MR) is 111 cm³/mol. The fourth-order valence-corrected chi connectivity index (χ4v) is 3.98. The van der Waals surface area contributed by atoms with Gasteiger partial charge in [0.15, 0.2) is 16.7 Å². The van der Waals surface area contributed by atoms with Crippen LogP contribution in [-0.2, 0) is 10.5 Å². The molecular weight excluding hydrogens is 394 g/mol. The smallest absolute Gasteiger partial charge is 0.264 e. The van der Waals surface area contributed by atoms with Gasteiger partial charge in [0.1, 0.15) is 5.75 Å². The van der Waals surface area contributed by atoms with E-state index >= 15 is 0 Å². The lowest BCUT2D eigenvalue weighted by atomic mass is 10.1. The van der Waals surface area contributed by atoms with Crippen molar-refractivity contribution in [3.05, 3.63) is 65.2 Å². The number of hydrogen-bond acceptors (Lipinski definition) is 7. The topological polar surface area (TPSA) is 81.2 Å². The van der Waals surface area contributed by atoms with E-state index in [2.05, 4.69) is 46.7 Å². The molecule has 0 radical (unpaired) electrons. The van der Waals surface area contributed by atoms with Gasteiger partial charge in [-0.25, -0.2) is 0 Å². The number of ketones is 1. The van der Waals surface area contributed by atoms with Gasteiger partial charge < -0.3 is 4.74 Å². The highest BCUT2D eigenvalue weighted by molar-refractivity contribution is 8.00. The predicted octanol–water partition coefficient (Wildman–Crippen LogP) is 4.36. The molecule has 0 unspecified atom stereocenters. The van der Waals surface area contributed by atoms with Crippen molar-refractivity contribution in [2.45, 2.75) is 23.9 Å². The summed E-state index contributed by atoms with van der Waals surface area (Å²) in [6.45, 7) is 3.36. The maximum atomic E-state index is 12.1. The summed E-state index contributed by atoms with van der Waals surface area (Å²) in [5.74, 6) is 0.867. The fraction of sp³-hybridized carbons (Fsp3) is 0.200. The van der Waals surface area contributed by atoms with E-state index < -0.39 is 0 Å². The number of nitrogens with zero attached hydrogens (tertiary/aromatic N) is 2. The molecule has 1 heterocycles. The maximum Gasteiger partial charge on any atom is 0.264 e. The summed E-state index contributed by atoms with van der Waals surface area (Å²) in [5, 5.41) is 11.2. The zero-order valence-electron chi connectivity index (χ0n) is 15.5. The summed E-state index contributed by atoms with van der Waals surface area (Å²) in [7, 11) is 0. The highest BCUT2D eigenvalue weighted by atomic mass is 32.2. The molecule has 0 bridgehead atoms. The van der Waals surface area contributed by atoms with Crippen molar-refractivity contribution in [3.8, 4) is 5.75 Å². The molecule has 0 spiro atoms. The van der Waals surface area contributed by atoms with Crippen molar-refractivity contribution in [3.63, 3.8) is 0 Å². The summed E-state index contributed by atoms with van der Waals surface area (Å²) >= 11 is 2.89. The third-order valence-electron chi connectivity index (χ3n) is 3.75. The Kier molecular flexibility index (Phi) is 6.78. The molecule has 6 nitrogen and oxygen atoms in total. The van der Waals surface area contributed by atoms with Crippen LogP contribution in [0.2, 0.25) is 0 Å². The number of ether oxygens (including phenoxy) is 1. The van der Waals surface area contributed by atoms with Gasteiger partial charge in [-0.05, 0) is 31.5 Å². The number of nitrogens with one attached hydrogen (secondary N) is 1. The fourth-order valence-electron chi connectivity index (χ4n) is 2.26. The van der Waals surface area contributed by atoms with E-state index in [4.69, 9.17) is 4.74 Å². The van der Waals surface area contributed by atoms with Crippen LogP contribution in [0.3, 0.4) is 0 Å². The van der Waals surface area contributed by atoms with Crippen molar-refractivity contribution in [2.24, 2.45) is 0 Å². The number of hydrogen-bond donors (Lipinski definition) is 1. The van der Waals surface area contributed by atoms with Gasteiger partial charge in [-0.15, -0.1) is 10.2 Å². The minimum absolute atomic E-state index is 0.0561. The van der Waals surface area contributed by atoms with Crippen LogP contribution in [0.15, 0.2) is 52.9 Å². The summed E-state index contributed by atoms with van der Waals surface area (Å²) < 4.78 is 6.22. The molecule has 8 heteroatoms. The van der Waals surface area contributed by atoms with E-state index in [9.17, 15) is 9.59 Å². The first kappa shape index (κ1) is 20.0. The van der Waals surface area contributed by atoms with Crippen molar-refractivity contribution < 1.29 is 14.3 Å². The SMILES string of the molecule is CC(=O)c1cccc(OCC(=O)Nc2nnc(SCc3ccc(C)cc3)s2)c1. The Hall–Kier alpha value is -2.71. The van der Waals surface area contributed by atoms with Crippen LogP contribution >= 0.6 is 23.1 Å². The Labute approximate surface area is 171 Å². The van der Waals surface area contributed by atoms with Crippen molar-refractivity contribution in [1.82, 2.24) is 10.2 Å². The molecule has 0 atom stereocenters. The van der Waals surface area contributed by atoms with Gasteiger partial charge in [-0.2, -0.15) is 0 Å². The molecule has 0 aliphatic carbocycles. The molecule has 28 heavy (non-hydrogen) atoms. The second-order valence-corrected chi connectivity index (χ2v) is 8.27. The molecule has 1 aromatic heterocycles. The van der Waals surface area contributed by atoms with Gasteiger partial charge in [-0.1, -0.05) is 65.1 Å². The van der Waals surface area contributed by atoms with E-state index in [1.54, 1.807) is 36.0 Å². The van der Waals surface area contributed by atoms with E-state index in [0.717, 1.165) is 10.1 Å². The number of thioether (sulfide) groups is 1. The molecule has 1 amide bonds. The minimum atomic E-state index is -0.334. The number of aromatic nitrogens is 2. The van der Waals surface area contributed by atoms with Crippen LogP contribution in [-0.4, -0.2) is 28.5 Å². The highest BCUT2D eigenvalue weighted by Crippen LogP contribution is 2.28. The van der Waals surface area contributed by atoms with Crippen LogP contribution in [0, 0.1) is 6.92 Å². The average Bonchev–Trinajstić information content (AvgIpc) is 3.13. The lowest BCUT2D eigenvalue weighted by Gasteiger charge is -2.06. The average molecular weight is 414 g/mol. The second-order valence-electron chi connectivity index (χ2n) is 6.07. The third-order valence-corrected chi connectivity index (χ3v) is 5.79. The highest BCUT2D eigenvalue weighted by Gasteiger charge is 2.10. The van der Waals surface area contributed by atoms with Gasteiger partial charge in [0, 0.05) is 11.3 Å². The number of benzene rings is 2. The normalized spacial score (nSPS) is 10.5.